The maximum Gasteiger partial charge on any atom is 0.252 e. The molecule has 2 aliphatic rings. The van der Waals surface area contributed by atoms with Crippen LogP contribution in [-0.2, 0) is 15.1 Å². The lowest BCUT2D eigenvalue weighted by molar-refractivity contribution is -0.135. The van der Waals surface area contributed by atoms with E-state index in [9.17, 15) is 9.59 Å². The average Bonchev–Trinajstić information content (AvgIpc) is 2.79. The first-order valence-corrected chi connectivity index (χ1v) is 9.26. The minimum absolute atomic E-state index is 0.00505. The van der Waals surface area contributed by atoms with E-state index in [0.29, 0.717) is 10.0 Å². The van der Waals surface area contributed by atoms with Gasteiger partial charge in [-0.1, -0.05) is 23.2 Å². The first-order valence-electron chi connectivity index (χ1n) is 8.51. The van der Waals surface area contributed by atoms with Gasteiger partial charge in [-0.3, -0.25) is 9.59 Å². The van der Waals surface area contributed by atoms with E-state index in [0.717, 1.165) is 42.4 Å². The van der Waals surface area contributed by atoms with Crippen LogP contribution in [0.15, 0.2) is 29.3 Å². The fourth-order valence-corrected chi connectivity index (χ4v) is 4.39. The second kappa shape index (κ2) is 6.65. The Morgan fingerprint density at radius 3 is 2.36 bits per heavy atom. The summed E-state index contributed by atoms with van der Waals surface area (Å²) >= 11 is 12.3. The molecule has 25 heavy (non-hydrogen) atoms. The van der Waals surface area contributed by atoms with E-state index >= 15 is 0 Å². The molecule has 0 radical (unpaired) electrons. The molecule has 0 saturated carbocycles. The number of nitrogens with zero attached hydrogens (tertiary/aromatic N) is 1. The number of halogens is 2. The SMILES string of the molecule is CC(=O)NC1C2=C(CCCC2)C(=O)N1C(C)(C)c1cc(Cl)cc(Cl)c1. The highest BCUT2D eigenvalue weighted by atomic mass is 35.5. The van der Waals surface area contributed by atoms with Crippen LogP contribution < -0.4 is 5.32 Å². The molecule has 134 valence electrons. The van der Waals surface area contributed by atoms with Gasteiger partial charge in [0, 0.05) is 22.5 Å². The zero-order valence-electron chi connectivity index (χ0n) is 14.7. The van der Waals surface area contributed by atoms with Crippen molar-refractivity contribution in [3.8, 4) is 0 Å². The summed E-state index contributed by atoms with van der Waals surface area (Å²) in [6.07, 6.45) is 3.25. The Labute approximate surface area is 158 Å². The molecule has 1 aromatic carbocycles. The first kappa shape index (κ1) is 18.3. The molecule has 0 spiro atoms. The monoisotopic (exact) mass is 380 g/mol. The Morgan fingerprint density at radius 2 is 1.76 bits per heavy atom. The smallest absolute Gasteiger partial charge is 0.252 e. The molecule has 2 amide bonds. The Morgan fingerprint density at radius 1 is 1.16 bits per heavy atom. The van der Waals surface area contributed by atoms with E-state index in [1.54, 1.807) is 11.0 Å². The minimum Gasteiger partial charge on any atom is -0.332 e. The molecule has 1 atom stereocenters. The molecule has 6 heteroatoms. The highest BCUT2D eigenvalue weighted by Gasteiger charge is 2.47. The van der Waals surface area contributed by atoms with E-state index in [4.69, 9.17) is 23.2 Å². The Bertz CT molecular complexity index is 750. The maximum atomic E-state index is 13.2. The van der Waals surface area contributed by atoms with Crippen molar-refractivity contribution in [2.75, 3.05) is 0 Å². The van der Waals surface area contributed by atoms with Crippen molar-refractivity contribution in [1.29, 1.82) is 0 Å². The molecule has 4 nitrogen and oxygen atoms in total. The third kappa shape index (κ3) is 3.30. The zero-order chi connectivity index (χ0) is 18.4. The second-order valence-electron chi connectivity index (χ2n) is 7.21. The van der Waals surface area contributed by atoms with Crippen molar-refractivity contribution in [2.24, 2.45) is 0 Å². The van der Waals surface area contributed by atoms with Crippen LogP contribution in [0.1, 0.15) is 52.0 Å². The fourth-order valence-electron chi connectivity index (χ4n) is 3.86. The van der Waals surface area contributed by atoms with Crippen LogP contribution in [0.3, 0.4) is 0 Å². The van der Waals surface area contributed by atoms with Gasteiger partial charge in [-0.15, -0.1) is 0 Å². The third-order valence-corrected chi connectivity index (χ3v) is 5.52. The third-order valence-electron chi connectivity index (χ3n) is 5.09. The van der Waals surface area contributed by atoms with E-state index < -0.39 is 11.7 Å². The van der Waals surface area contributed by atoms with Crippen LogP contribution in [-0.4, -0.2) is 22.9 Å². The molecule has 1 heterocycles. The van der Waals surface area contributed by atoms with Gasteiger partial charge in [0.2, 0.25) is 5.91 Å². The summed E-state index contributed by atoms with van der Waals surface area (Å²) in [5.41, 5.74) is 2.07. The predicted octanol–water partition coefficient (Wildman–Crippen LogP) is 4.40. The van der Waals surface area contributed by atoms with Gasteiger partial charge in [0.25, 0.3) is 5.91 Å². The van der Waals surface area contributed by atoms with E-state index in [-0.39, 0.29) is 11.8 Å². The summed E-state index contributed by atoms with van der Waals surface area (Å²) in [6, 6.07) is 5.31. The summed E-state index contributed by atoms with van der Waals surface area (Å²) in [7, 11) is 0. The number of benzene rings is 1. The van der Waals surface area contributed by atoms with Crippen molar-refractivity contribution in [1.82, 2.24) is 10.2 Å². The molecule has 3 rings (SSSR count). The van der Waals surface area contributed by atoms with Gasteiger partial charge in [0.05, 0.1) is 5.54 Å². The fraction of sp³-hybridized carbons (Fsp3) is 0.474. The number of rotatable bonds is 3. The molecule has 1 N–H and O–H groups in total. The zero-order valence-corrected chi connectivity index (χ0v) is 16.2. The van der Waals surface area contributed by atoms with Gasteiger partial charge < -0.3 is 10.2 Å². The molecule has 0 fully saturated rings. The highest BCUT2D eigenvalue weighted by molar-refractivity contribution is 6.34. The topological polar surface area (TPSA) is 49.4 Å². The van der Waals surface area contributed by atoms with Crippen molar-refractivity contribution >= 4 is 35.0 Å². The van der Waals surface area contributed by atoms with Gasteiger partial charge in [-0.05, 0) is 68.9 Å². The Kier molecular flexibility index (Phi) is 4.86. The van der Waals surface area contributed by atoms with Gasteiger partial charge >= 0.3 is 0 Å². The number of hydrogen-bond donors (Lipinski definition) is 1. The molecule has 1 unspecified atom stereocenters. The quantitative estimate of drug-likeness (QED) is 0.844. The number of nitrogens with one attached hydrogen (secondary N) is 1. The summed E-state index contributed by atoms with van der Waals surface area (Å²) in [5, 5.41) is 4.02. The molecule has 0 aromatic heterocycles. The first-order chi connectivity index (χ1) is 11.7. The van der Waals surface area contributed by atoms with Crippen LogP contribution >= 0.6 is 23.2 Å². The maximum absolute atomic E-state index is 13.2. The molecule has 0 bridgehead atoms. The van der Waals surface area contributed by atoms with Crippen molar-refractivity contribution in [3.63, 3.8) is 0 Å². The Balaban J connectivity index is 2.06. The van der Waals surface area contributed by atoms with E-state index in [2.05, 4.69) is 5.32 Å². The van der Waals surface area contributed by atoms with Crippen LogP contribution in [0.4, 0.5) is 0 Å². The molecular weight excluding hydrogens is 359 g/mol. The lowest BCUT2D eigenvalue weighted by atomic mass is 9.91. The van der Waals surface area contributed by atoms with Crippen LogP contribution in [0.5, 0.6) is 0 Å². The highest BCUT2D eigenvalue weighted by Crippen LogP contribution is 2.43. The summed E-state index contributed by atoms with van der Waals surface area (Å²) in [6.45, 7) is 5.40. The molecular formula is C19H22Cl2N2O2. The van der Waals surface area contributed by atoms with Gasteiger partial charge in [-0.2, -0.15) is 0 Å². The molecule has 1 aromatic rings. The second-order valence-corrected chi connectivity index (χ2v) is 8.08. The van der Waals surface area contributed by atoms with Crippen LogP contribution in [0.2, 0.25) is 10.0 Å². The summed E-state index contributed by atoms with van der Waals surface area (Å²) in [4.78, 5) is 26.7. The molecule has 1 aliphatic heterocycles. The largest absolute Gasteiger partial charge is 0.332 e. The van der Waals surface area contributed by atoms with E-state index in [1.807, 2.05) is 26.0 Å². The van der Waals surface area contributed by atoms with Crippen LogP contribution in [0, 0.1) is 0 Å². The number of carbonyl (C=O) groups is 2. The number of hydrogen-bond acceptors (Lipinski definition) is 2. The number of carbonyl (C=O) groups excluding carboxylic acids is 2. The van der Waals surface area contributed by atoms with E-state index in [1.165, 1.54) is 6.92 Å². The molecule has 0 saturated heterocycles. The number of amides is 2. The van der Waals surface area contributed by atoms with Crippen molar-refractivity contribution < 1.29 is 9.59 Å². The van der Waals surface area contributed by atoms with Crippen LogP contribution in [0.25, 0.3) is 0 Å². The lowest BCUT2D eigenvalue weighted by Gasteiger charge is -2.41. The average molecular weight is 381 g/mol. The predicted molar refractivity (Wildman–Crippen MR) is 99.4 cm³/mol. The summed E-state index contributed by atoms with van der Waals surface area (Å²) in [5.74, 6) is -0.156. The van der Waals surface area contributed by atoms with Crippen molar-refractivity contribution in [3.05, 3.63) is 45.0 Å². The van der Waals surface area contributed by atoms with Gasteiger partial charge in [0.1, 0.15) is 6.17 Å². The van der Waals surface area contributed by atoms with Gasteiger partial charge in [0.15, 0.2) is 0 Å². The standard InChI is InChI=1S/C19H22Cl2N2O2/c1-11(24)22-17-15-6-4-5-7-16(15)18(25)23(17)19(2,3)12-8-13(20)10-14(21)9-12/h8-10,17H,4-7H2,1-3H3,(H,22,24). The van der Waals surface area contributed by atoms with Gasteiger partial charge in [-0.25, -0.2) is 0 Å². The van der Waals surface area contributed by atoms with Crippen molar-refractivity contribution in [2.45, 2.75) is 58.2 Å². The molecule has 1 aliphatic carbocycles. The normalized spacial score (nSPS) is 20.8. The lowest BCUT2D eigenvalue weighted by Crippen LogP contribution is -2.55. The summed E-state index contributed by atoms with van der Waals surface area (Å²) < 4.78 is 0. The Hall–Kier alpha value is -1.52. The minimum atomic E-state index is -0.671.